The van der Waals surface area contributed by atoms with Gasteiger partial charge in [0.05, 0.1) is 29.9 Å². The average Bonchev–Trinajstić information content (AvgIpc) is 2.69. The Morgan fingerprint density at radius 2 is 1.93 bits per heavy atom. The van der Waals surface area contributed by atoms with Crippen LogP contribution in [0, 0.1) is 15.9 Å². The lowest BCUT2D eigenvalue weighted by atomic mass is 10.0. The quantitative estimate of drug-likeness (QED) is 0.622. The maximum absolute atomic E-state index is 14.3. The Bertz CT molecular complexity index is 810. The highest BCUT2D eigenvalue weighted by atomic mass is 19.1. The van der Waals surface area contributed by atoms with E-state index < -0.39 is 16.8 Å². The Labute approximate surface area is 155 Å². The number of nitrogens with zero attached hydrogens (tertiary/aromatic N) is 2. The van der Waals surface area contributed by atoms with Crippen molar-refractivity contribution >= 4 is 17.3 Å². The minimum absolute atomic E-state index is 0.0585. The second-order valence-electron chi connectivity index (χ2n) is 6.25. The van der Waals surface area contributed by atoms with Gasteiger partial charge in [-0.15, -0.1) is 0 Å². The van der Waals surface area contributed by atoms with E-state index in [-0.39, 0.29) is 17.3 Å². The normalized spacial score (nSPS) is 15.2. The van der Waals surface area contributed by atoms with Crippen LogP contribution in [0.25, 0.3) is 0 Å². The number of hydrogen-bond acceptors (Lipinski definition) is 5. The molecule has 1 saturated heterocycles. The largest absolute Gasteiger partial charge is 0.378 e. The molecule has 1 atom stereocenters. The van der Waals surface area contributed by atoms with Gasteiger partial charge < -0.3 is 15.0 Å². The van der Waals surface area contributed by atoms with Crippen LogP contribution in [0.15, 0.2) is 48.5 Å². The molecule has 0 saturated carbocycles. The second-order valence-corrected chi connectivity index (χ2v) is 6.25. The third-order valence-corrected chi connectivity index (χ3v) is 4.40. The monoisotopic (exact) mass is 373 g/mol. The number of morpholine rings is 1. The maximum atomic E-state index is 14.3. The van der Waals surface area contributed by atoms with Crippen molar-refractivity contribution in [2.75, 3.05) is 31.6 Å². The van der Waals surface area contributed by atoms with Crippen molar-refractivity contribution < 1.29 is 18.8 Å². The van der Waals surface area contributed by atoms with Gasteiger partial charge >= 0.3 is 0 Å². The second kappa shape index (κ2) is 8.59. The van der Waals surface area contributed by atoms with Gasteiger partial charge in [0.1, 0.15) is 6.04 Å². The number of non-ortho nitro benzene ring substituents is 1. The predicted octanol–water partition coefficient (Wildman–Crippen LogP) is 2.62. The van der Waals surface area contributed by atoms with Crippen molar-refractivity contribution in [1.82, 2.24) is 4.90 Å². The molecule has 0 aromatic heterocycles. The fourth-order valence-electron chi connectivity index (χ4n) is 2.98. The zero-order valence-electron chi connectivity index (χ0n) is 14.6. The van der Waals surface area contributed by atoms with E-state index in [1.807, 2.05) is 30.3 Å². The number of amides is 1. The fourth-order valence-corrected chi connectivity index (χ4v) is 2.98. The molecule has 2 aromatic rings. The van der Waals surface area contributed by atoms with E-state index in [1.165, 1.54) is 12.1 Å². The van der Waals surface area contributed by atoms with E-state index in [2.05, 4.69) is 5.32 Å². The molecule has 2 aromatic carbocycles. The molecule has 0 spiro atoms. The minimum atomic E-state index is -0.767. The first-order valence-corrected chi connectivity index (χ1v) is 8.65. The van der Waals surface area contributed by atoms with Gasteiger partial charge in [0, 0.05) is 25.6 Å². The third-order valence-electron chi connectivity index (χ3n) is 4.40. The molecule has 3 rings (SSSR count). The van der Waals surface area contributed by atoms with Crippen LogP contribution in [0.1, 0.15) is 5.56 Å². The zero-order chi connectivity index (χ0) is 19.2. The Morgan fingerprint density at radius 3 is 2.56 bits per heavy atom. The number of ether oxygens (including phenoxy) is 1. The minimum Gasteiger partial charge on any atom is -0.378 e. The molecule has 1 fully saturated rings. The van der Waals surface area contributed by atoms with Crippen molar-refractivity contribution in [3.63, 3.8) is 0 Å². The number of nitro groups is 1. The van der Waals surface area contributed by atoms with E-state index in [4.69, 9.17) is 4.74 Å². The summed E-state index contributed by atoms with van der Waals surface area (Å²) in [5.74, 6) is -0.919. The van der Waals surface area contributed by atoms with Gasteiger partial charge in [-0.3, -0.25) is 14.9 Å². The molecule has 1 amide bonds. The fraction of sp³-hybridized carbons (Fsp3) is 0.316. The van der Waals surface area contributed by atoms with Gasteiger partial charge in [-0.25, -0.2) is 4.39 Å². The Hall–Kier alpha value is -3.00. The van der Waals surface area contributed by atoms with Crippen molar-refractivity contribution in [2.24, 2.45) is 0 Å². The Morgan fingerprint density at radius 1 is 1.22 bits per heavy atom. The van der Waals surface area contributed by atoms with Gasteiger partial charge in [-0.2, -0.15) is 0 Å². The molecule has 1 N–H and O–H groups in total. The summed E-state index contributed by atoms with van der Waals surface area (Å²) in [7, 11) is 0. The maximum Gasteiger partial charge on any atom is 0.272 e. The molecule has 1 heterocycles. The summed E-state index contributed by atoms with van der Waals surface area (Å²) in [6, 6.07) is 12.1. The lowest BCUT2D eigenvalue weighted by Gasteiger charge is -2.31. The first-order chi connectivity index (χ1) is 13.0. The number of carbonyl (C=O) groups is 1. The number of rotatable bonds is 6. The van der Waals surface area contributed by atoms with Crippen LogP contribution in [0.5, 0.6) is 0 Å². The lowest BCUT2D eigenvalue weighted by molar-refractivity contribution is -0.385. The van der Waals surface area contributed by atoms with E-state index in [9.17, 15) is 19.3 Å². The number of anilines is 1. The Kier molecular flexibility index (Phi) is 5.97. The van der Waals surface area contributed by atoms with Crippen LogP contribution in [0.4, 0.5) is 15.8 Å². The molecule has 1 aliphatic heterocycles. The summed E-state index contributed by atoms with van der Waals surface area (Å²) >= 11 is 0. The van der Waals surface area contributed by atoms with Gasteiger partial charge in [-0.1, -0.05) is 30.3 Å². The van der Waals surface area contributed by atoms with Gasteiger partial charge in [0.15, 0.2) is 5.82 Å². The van der Waals surface area contributed by atoms with Crippen LogP contribution in [-0.4, -0.2) is 48.1 Å². The molecule has 7 nitrogen and oxygen atoms in total. The van der Waals surface area contributed by atoms with Crippen LogP contribution in [0.2, 0.25) is 0 Å². The summed E-state index contributed by atoms with van der Waals surface area (Å²) < 4.78 is 19.6. The van der Waals surface area contributed by atoms with E-state index in [0.29, 0.717) is 32.7 Å². The molecule has 142 valence electrons. The summed E-state index contributed by atoms with van der Waals surface area (Å²) in [6.45, 7) is 1.90. The number of nitrogens with one attached hydrogen (secondary N) is 1. The molecule has 8 heteroatoms. The molecule has 1 aliphatic rings. The highest BCUT2D eigenvalue weighted by Crippen LogP contribution is 2.22. The zero-order valence-corrected chi connectivity index (χ0v) is 14.6. The number of benzene rings is 2. The molecule has 27 heavy (non-hydrogen) atoms. The van der Waals surface area contributed by atoms with Crippen molar-refractivity contribution in [3.05, 3.63) is 70.0 Å². The SMILES string of the molecule is O=C(C(Cc1ccccc1)Nc1ccc([N+](=O)[O-])cc1F)N1CCOCC1. The summed E-state index contributed by atoms with van der Waals surface area (Å²) in [5, 5.41) is 13.7. The molecule has 0 radical (unpaired) electrons. The molecule has 0 bridgehead atoms. The smallest absolute Gasteiger partial charge is 0.272 e. The van der Waals surface area contributed by atoms with Crippen molar-refractivity contribution in [3.8, 4) is 0 Å². The molecular weight excluding hydrogens is 353 g/mol. The highest BCUT2D eigenvalue weighted by Gasteiger charge is 2.27. The standard InChI is InChI=1S/C19H20FN3O4/c20-16-13-15(23(25)26)6-7-17(16)21-18(12-14-4-2-1-3-5-14)19(24)22-8-10-27-11-9-22/h1-7,13,18,21H,8-12H2. The van der Waals surface area contributed by atoms with Crippen molar-refractivity contribution in [2.45, 2.75) is 12.5 Å². The van der Waals surface area contributed by atoms with Gasteiger partial charge in [-0.05, 0) is 11.6 Å². The summed E-state index contributed by atoms with van der Waals surface area (Å²) in [5.41, 5.74) is 0.652. The first-order valence-electron chi connectivity index (χ1n) is 8.65. The van der Waals surface area contributed by atoms with Crippen LogP contribution >= 0.6 is 0 Å². The van der Waals surface area contributed by atoms with Gasteiger partial charge in [0.25, 0.3) is 5.69 Å². The van der Waals surface area contributed by atoms with Gasteiger partial charge in [0.2, 0.25) is 5.91 Å². The lowest BCUT2D eigenvalue weighted by Crippen LogP contribution is -2.48. The summed E-state index contributed by atoms with van der Waals surface area (Å²) in [6.07, 6.45) is 0.369. The summed E-state index contributed by atoms with van der Waals surface area (Å²) in [4.78, 5) is 24.8. The number of nitro benzene ring substituents is 1. The van der Waals surface area contributed by atoms with Crippen LogP contribution < -0.4 is 5.32 Å². The predicted molar refractivity (Wildman–Crippen MR) is 98.0 cm³/mol. The Balaban J connectivity index is 1.82. The average molecular weight is 373 g/mol. The molecule has 1 unspecified atom stereocenters. The van der Waals surface area contributed by atoms with Crippen molar-refractivity contribution in [1.29, 1.82) is 0 Å². The molecule has 0 aliphatic carbocycles. The number of halogens is 1. The van der Waals surface area contributed by atoms with Crippen LogP contribution in [-0.2, 0) is 16.0 Å². The van der Waals surface area contributed by atoms with E-state index in [0.717, 1.165) is 11.6 Å². The third kappa shape index (κ3) is 4.79. The first kappa shape index (κ1) is 18.8. The topological polar surface area (TPSA) is 84.7 Å². The number of hydrogen-bond donors (Lipinski definition) is 1. The van der Waals surface area contributed by atoms with E-state index >= 15 is 0 Å². The highest BCUT2D eigenvalue weighted by molar-refractivity contribution is 5.85. The molecular formula is C19H20FN3O4. The van der Waals surface area contributed by atoms with Crippen LogP contribution in [0.3, 0.4) is 0 Å². The van der Waals surface area contributed by atoms with E-state index in [1.54, 1.807) is 4.90 Å². The number of carbonyl (C=O) groups excluding carboxylic acids is 1.